The summed E-state index contributed by atoms with van der Waals surface area (Å²) in [5, 5.41) is 9.34. The molecular formula is C12H16BrN3O. The minimum Gasteiger partial charge on any atom is -0.325 e. The van der Waals surface area contributed by atoms with Gasteiger partial charge in [0.15, 0.2) is 0 Å². The molecule has 1 amide bonds. The van der Waals surface area contributed by atoms with Crippen LogP contribution in [0.25, 0.3) is 0 Å². The van der Waals surface area contributed by atoms with Crippen LogP contribution in [-0.4, -0.2) is 31.6 Å². The third kappa shape index (κ3) is 4.11. The lowest BCUT2D eigenvalue weighted by atomic mass is 10.2. The van der Waals surface area contributed by atoms with Crippen molar-refractivity contribution in [3.05, 3.63) is 28.7 Å². The van der Waals surface area contributed by atoms with Gasteiger partial charge in [-0.2, -0.15) is 0 Å². The fourth-order valence-corrected chi connectivity index (χ4v) is 2.24. The largest absolute Gasteiger partial charge is 0.325 e. The van der Waals surface area contributed by atoms with Crippen molar-refractivity contribution in [2.75, 3.05) is 25.0 Å². The number of hydrogen-bond acceptors (Lipinski definition) is 3. The molecule has 0 bridgehead atoms. The van der Waals surface area contributed by atoms with E-state index in [0.717, 1.165) is 29.7 Å². The van der Waals surface area contributed by atoms with Crippen LogP contribution in [0.1, 0.15) is 6.42 Å². The molecule has 1 fully saturated rings. The summed E-state index contributed by atoms with van der Waals surface area (Å²) < 4.78 is 0.961. The van der Waals surface area contributed by atoms with Crippen LogP contribution in [0.4, 0.5) is 5.69 Å². The number of rotatable bonds is 4. The zero-order valence-electron chi connectivity index (χ0n) is 9.50. The lowest BCUT2D eigenvalue weighted by molar-refractivity contribution is -0.115. The van der Waals surface area contributed by atoms with E-state index in [1.165, 1.54) is 0 Å². The van der Waals surface area contributed by atoms with Crippen molar-refractivity contribution in [1.29, 1.82) is 0 Å². The van der Waals surface area contributed by atoms with Crippen LogP contribution in [0.15, 0.2) is 28.7 Å². The zero-order valence-corrected chi connectivity index (χ0v) is 11.1. The molecule has 4 nitrogen and oxygen atoms in total. The monoisotopic (exact) mass is 297 g/mol. The van der Waals surface area contributed by atoms with Gasteiger partial charge in [-0.3, -0.25) is 4.79 Å². The van der Waals surface area contributed by atoms with Crippen LogP contribution in [0.3, 0.4) is 0 Å². The number of benzene rings is 1. The van der Waals surface area contributed by atoms with Crippen molar-refractivity contribution < 1.29 is 4.79 Å². The van der Waals surface area contributed by atoms with Crippen LogP contribution in [-0.2, 0) is 4.79 Å². The fourth-order valence-electron chi connectivity index (χ4n) is 1.84. The van der Waals surface area contributed by atoms with E-state index in [9.17, 15) is 4.79 Å². The predicted molar refractivity (Wildman–Crippen MR) is 72.0 cm³/mol. The minimum absolute atomic E-state index is 0.00463. The number of hydrogen-bond donors (Lipinski definition) is 3. The Morgan fingerprint density at radius 3 is 3.12 bits per heavy atom. The maximum Gasteiger partial charge on any atom is 0.238 e. The summed E-state index contributed by atoms with van der Waals surface area (Å²) in [4.78, 5) is 11.7. The first-order valence-electron chi connectivity index (χ1n) is 5.73. The molecule has 5 heteroatoms. The Hall–Kier alpha value is -0.910. The number of halogens is 1. The fraction of sp³-hybridized carbons (Fsp3) is 0.417. The van der Waals surface area contributed by atoms with Gasteiger partial charge in [-0.15, -0.1) is 0 Å². The maximum absolute atomic E-state index is 11.7. The van der Waals surface area contributed by atoms with Crippen LogP contribution in [0.5, 0.6) is 0 Å². The molecule has 0 radical (unpaired) electrons. The van der Waals surface area contributed by atoms with Crippen LogP contribution in [0.2, 0.25) is 0 Å². The predicted octanol–water partition coefficient (Wildman–Crippen LogP) is 1.34. The zero-order chi connectivity index (χ0) is 12.1. The van der Waals surface area contributed by atoms with Crippen LogP contribution >= 0.6 is 15.9 Å². The van der Waals surface area contributed by atoms with Crippen LogP contribution in [0, 0.1) is 0 Å². The quantitative estimate of drug-likeness (QED) is 0.786. The summed E-state index contributed by atoms with van der Waals surface area (Å²) in [6.07, 6.45) is 1.09. The van der Waals surface area contributed by atoms with Gasteiger partial charge in [0.05, 0.1) is 6.54 Å². The first kappa shape index (κ1) is 12.5. The van der Waals surface area contributed by atoms with Crippen molar-refractivity contribution in [1.82, 2.24) is 10.6 Å². The van der Waals surface area contributed by atoms with E-state index in [2.05, 4.69) is 31.9 Å². The van der Waals surface area contributed by atoms with Gasteiger partial charge in [0.1, 0.15) is 0 Å². The van der Waals surface area contributed by atoms with Gasteiger partial charge in [0, 0.05) is 22.7 Å². The third-order valence-corrected chi connectivity index (χ3v) is 3.21. The normalized spacial score (nSPS) is 19.2. The molecule has 2 rings (SSSR count). The molecule has 17 heavy (non-hydrogen) atoms. The van der Waals surface area contributed by atoms with E-state index in [1.54, 1.807) is 0 Å². The van der Waals surface area contributed by atoms with Crippen molar-refractivity contribution >= 4 is 27.5 Å². The minimum atomic E-state index is -0.00463. The number of anilines is 1. The Kier molecular flexibility index (Phi) is 4.53. The SMILES string of the molecule is O=C(CNC1CCNC1)Nc1cccc(Br)c1. The number of amides is 1. The van der Waals surface area contributed by atoms with Crippen molar-refractivity contribution in [2.24, 2.45) is 0 Å². The van der Waals surface area contributed by atoms with Gasteiger partial charge in [0.25, 0.3) is 0 Å². The summed E-state index contributed by atoms with van der Waals surface area (Å²) in [7, 11) is 0. The Labute approximate surface area is 109 Å². The van der Waals surface area contributed by atoms with Gasteiger partial charge in [-0.25, -0.2) is 0 Å². The lowest BCUT2D eigenvalue weighted by Gasteiger charge is -2.11. The highest BCUT2D eigenvalue weighted by Crippen LogP contribution is 2.15. The molecule has 3 N–H and O–H groups in total. The second-order valence-corrected chi connectivity index (χ2v) is 5.04. The standard InChI is InChI=1S/C12H16BrN3O/c13-9-2-1-3-10(6-9)16-12(17)8-15-11-4-5-14-7-11/h1-3,6,11,14-15H,4-5,7-8H2,(H,16,17). The Morgan fingerprint density at radius 2 is 2.41 bits per heavy atom. The van der Waals surface area contributed by atoms with Gasteiger partial charge >= 0.3 is 0 Å². The molecule has 0 aliphatic carbocycles. The molecule has 1 heterocycles. The lowest BCUT2D eigenvalue weighted by Crippen LogP contribution is -2.37. The van der Waals surface area contributed by atoms with E-state index in [0.29, 0.717) is 12.6 Å². The average molecular weight is 298 g/mol. The molecule has 1 aromatic rings. The summed E-state index contributed by atoms with van der Waals surface area (Å²) in [6, 6.07) is 8.00. The van der Waals surface area contributed by atoms with E-state index < -0.39 is 0 Å². The van der Waals surface area contributed by atoms with E-state index >= 15 is 0 Å². The highest BCUT2D eigenvalue weighted by atomic mass is 79.9. The van der Waals surface area contributed by atoms with E-state index in [-0.39, 0.29) is 5.91 Å². The number of carbonyl (C=O) groups excluding carboxylic acids is 1. The molecule has 92 valence electrons. The topological polar surface area (TPSA) is 53.2 Å². The smallest absolute Gasteiger partial charge is 0.238 e. The summed E-state index contributed by atoms with van der Waals surface area (Å²) in [5.74, 6) is -0.00463. The molecule has 0 spiro atoms. The molecule has 1 atom stereocenters. The third-order valence-electron chi connectivity index (χ3n) is 2.72. The second kappa shape index (κ2) is 6.14. The molecule has 1 aliphatic heterocycles. The van der Waals surface area contributed by atoms with Crippen molar-refractivity contribution in [3.8, 4) is 0 Å². The number of carbonyl (C=O) groups is 1. The van der Waals surface area contributed by atoms with E-state index in [4.69, 9.17) is 0 Å². The first-order valence-corrected chi connectivity index (χ1v) is 6.53. The van der Waals surface area contributed by atoms with Crippen molar-refractivity contribution in [3.63, 3.8) is 0 Å². The first-order chi connectivity index (χ1) is 8.24. The maximum atomic E-state index is 11.7. The molecule has 1 aliphatic rings. The molecule has 0 saturated carbocycles. The molecule has 1 aromatic carbocycles. The van der Waals surface area contributed by atoms with Gasteiger partial charge in [-0.05, 0) is 31.2 Å². The van der Waals surface area contributed by atoms with Gasteiger partial charge in [0.2, 0.25) is 5.91 Å². The second-order valence-electron chi connectivity index (χ2n) is 4.13. The molecule has 1 unspecified atom stereocenters. The average Bonchev–Trinajstić information content (AvgIpc) is 2.79. The van der Waals surface area contributed by atoms with Gasteiger partial charge in [-0.1, -0.05) is 22.0 Å². The van der Waals surface area contributed by atoms with E-state index in [1.807, 2.05) is 24.3 Å². The number of nitrogens with one attached hydrogen (secondary N) is 3. The highest BCUT2D eigenvalue weighted by Gasteiger charge is 2.14. The Bertz CT molecular complexity index is 391. The van der Waals surface area contributed by atoms with Crippen LogP contribution < -0.4 is 16.0 Å². The Morgan fingerprint density at radius 1 is 1.53 bits per heavy atom. The summed E-state index contributed by atoms with van der Waals surface area (Å²) in [6.45, 7) is 2.34. The Balaban J connectivity index is 1.76. The summed E-state index contributed by atoms with van der Waals surface area (Å²) >= 11 is 3.37. The molecule has 0 aromatic heterocycles. The van der Waals surface area contributed by atoms with Crippen molar-refractivity contribution in [2.45, 2.75) is 12.5 Å². The highest BCUT2D eigenvalue weighted by molar-refractivity contribution is 9.10. The molecular weight excluding hydrogens is 282 g/mol. The molecule has 1 saturated heterocycles. The summed E-state index contributed by atoms with van der Waals surface area (Å²) in [5.41, 5.74) is 0.815. The van der Waals surface area contributed by atoms with Gasteiger partial charge < -0.3 is 16.0 Å².